The molecule has 3 nitrogen and oxygen atoms in total. The summed E-state index contributed by atoms with van der Waals surface area (Å²) >= 11 is 0. The van der Waals surface area contributed by atoms with Crippen LogP contribution < -0.4 is 0 Å². The Morgan fingerprint density at radius 1 is 1.35 bits per heavy atom. The zero-order valence-corrected chi connectivity index (χ0v) is 10.8. The largest absolute Gasteiger partial charge is 0.480 e. The minimum atomic E-state index is -4.55. The summed E-state index contributed by atoms with van der Waals surface area (Å²) in [5.41, 5.74) is 0.0699. The number of carboxylic acids is 1. The van der Waals surface area contributed by atoms with Crippen molar-refractivity contribution < 1.29 is 27.5 Å². The molecule has 1 atom stereocenters. The molecular formula is C13H15F4NO2. The zero-order chi connectivity index (χ0) is 15.3. The molecule has 0 aliphatic carbocycles. The van der Waals surface area contributed by atoms with E-state index in [2.05, 4.69) is 0 Å². The molecule has 112 valence electrons. The number of benzene rings is 1. The first-order valence-corrected chi connectivity index (χ1v) is 6.01. The summed E-state index contributed by atoms with van der Waals surface area (Å²) in [6, 6.07) is 4.51. The van der Waals surface area contributed by atoms with Crippen molar-refractivity contribution in [2.75, 3.05) is 13.1 Å². The average Bonchev–Trinajstić information content (AvgIpc) is 2.29. The van der Waals surface area contributed by atoms with Crippen LogP contribution in [0.2, 0.25) is 0 Å². The number of halogens is 4. The maximum Gasteiger partial charge on any atom is 0.401 e. The molecule has 0 saturated heterocycles. The smallest absolute Gasteiger partial charge is 0.401 e. The molecular weight excluding hydrogens is 278 g/mol. The summed E-state index contributed by atoms with van der Waals surface area (Å²) in [4.78, 5) is 11.5. The van der Waals surface area contributed by atoms with Gasteiger partial charge in [0.25, 0.3) is 0 Å². The quantitative estimate of drug-likeness (QED) is 0.819. The van der Waals surface area contributed by atoms with Crippen LogP contribution in [0.15, 0.2) is 24.3 Å². The normalized spacial score (nSPS) is 13.5. The lowest BCUT2D eigenvalue weighted by Gasteiger charge is -2.30. The molecule has 1 N–H and O–H groups in total. The van der Waals surface area contributed by atoms with Gasteiger partial charge >= 0.3 is 12.1 Å². The maximum atomic E-state index is 13.7. The lowest BCUT2D eigenvalue weighted by atomic mass is 10.0. The number of alkyl halides is 3. The number of hydrogen-bond donors (Lipinski definition) is 1. The van der Waals surface area contributed by atoms with Crippen LogP contribution in [0.25, 0.3) is 0 Å². The van der Waals surface area contributed by atoms with E-state index in [-0.39, 0.29) is 12.0 Å². The van der Waals surface area contributed by atoms with Crippen LogP contribution in [0.1, 0.15) is 24.9 Å². The van der Waals surface area contributed by atoms with E-state index < -0.39 is 37.1 Å². The Bertz CT molecular complexity index is 462. The van der Waals surface area contributed by atoms with Crippen LogP contribution in [0.3, 0.4) is 0 Å². The maximum absolute atomic E-state index is 13.7. The summed E-state index contributed by atoms with van der Waals surface area (Å²) in [5, 5.41) is 8.74. The van der Waals surface area contributed by atoms with Gasteiger partial charge in [-0.3, -0.25) is 9.69 Å². The highest BCUT2D eigenvalue weighted by atomic mass is 19.4. The first-order valence-electron chi connectivity index (χ1n) is 6.01. The van der Waals surface area contributed by atoms with Gasteiger partial charge in [-0.25, -0.2) is 4.39 Å². The lowest BCUT2D eigenvalue weighted by molar-refractivity contribution is -0.158. The number of carboxylic acid groups (broad SMARTS) is 1. The van der Waals surface area contributed by atoms with E-state index in [1.807, 2.05) is 0 Å². The molecule has 0 fully saturated rings. The van der Waals surface area contributed by atoms with Gasteiger partial charge in [0.15, 0.2) is 0 Å². The van der Waals surface area contributed by atoms with Gasteiger partial charge in [-0.15, -0.1) is 0 Å². The van der Waals surface area contributed by atoms with Crippen molar-refractivity contribution in [2.45, 2.75) is 25.6 Å². The number of rotatable bonds is 6. The molecule has 0 amide bonds. The molecule has 0 aromatic heterocycles. The van der Waals surface area contributed by atoms with Gasteiger partial charge in [-0.1, -0.05) is 25.1 Å². The van der Waals surface area contributed by atoms with Gasteiger partial charge in [0.05, 0.1) is 13.1 Å². The van der Waals surface area contributed by atoms with Crippen molar-refractivity contribution in [1.29, 1.82) is 0 Å². The lowest BCUT2D eigenvalue weighted by Crippen LogP contribution is -2.40. The summed E-state index contributed by atoms with van der Waals surface area (Å²) in [6.45, 7) is -0.610. The molecule has 1 aromatic carbocycles. The molecule has 1 aromatic rings. The van der Waals surface area contributed by atoms with Crippen molar-refractivity contribution in [1.82, 2.24) is 4.90 Å². The van der Waals surface area contributed by atoms with Crippen molar-refractivity contribution in [3.05, 3.63) is 35.6 Å². The molecule has 0 spiro atoms. The van der Waals surface area contributed by atoms with Crippen LogP contribution in [-0.2, 0) is 4.79 Å². The molecule has 0 aliphatic heterocycles. The third-order valence-electron chi connectivity index (χ3n) is 2.81. The van der Waals surface area contributed by atoms with E-state index in [1.165, 1.54) is 18.2 Å². The second kappa shape index (κ2) is 6.69. The summed E-state index contributed by atoms with van der Waals surface area (Å²) in [6.07, 6.45) is -4.38. The van der Waals surface area contributed by atoms with Crippen LogP contribution in [0, 0.1) is 5.82 Å². The molecule has 0 aliphatic rings. The van der Waals surface area contributed by atoms with Gasteiger partial charge in [-0.05, 0) is 12.5 Å². The van der Waals surface area contributed by atoms with E-state index in [1.54, 1.807) is 6.92 Å². The fourth-order valence-electron chi connectivity index (χ4n) is 2.10. The average molecular weight is 293 g/mol. The second-order valence-electron chi connectivity index (χ2n) is 4.36. The Morgan fingerprint density at radius 2 is 1.95 bits per heavy atom. The zero-order valence-electron chi connectivity index (χ0n) is 10.8. The summed E-state index contributed by atoms with van der Waals surface area (Å²) < 4.78 is 51.3. The van der Waals surface area contributed by atoms with Crippen LogP contribution in [-0.4, -0.2) is 35.2 Å². The second-order valence-corrected chi connectivity index (χ2v) is 4.36. The Labute approximate surface area is 113 Å². The monoisotopic (exact) mass is 293 g/mol. The topological polar surface area (TPSA) is 40.5 Å². The van der Waals surface area contributed by atoms with Crippen molar-refractivity contribution in [2.24, 2.45) is 0 Å². The van der Waals surface area contributed by atoms with Gasteiger partial charge in [0.2, 0.25) is 0 Å². The van der Waals surface area contributed by atoms with Crippen LogP contribution >= 0.6 is 0 Å². The standard InChI is InChI=1S/C13H15F4NO2/c1-2-11(9-5-3-4-6-10(9)14)18(7-12(19)20)8-13(15,16)17/h3-6,11H,2,7-8H2,1H3,(H,19,20). The summed E-state index contributed by atoms with van der Waals surface area (Å²) in [7, 11) is 0. The van der Waals surface area contributed by atoms with Gasteiger partial charge in [-0.2, -0.15) is 13.2 Å². The fraction of sp³-hybridized carbons (Fsp3) is 0.462. The predicted molar refractivity (Wildman–Crippen MR) is 64.7 cm³/mol. The third-order valence-corrected chi connectivity index (χ3v) is 2.81. The van der Waals surface area contributed by atoms with Gasteiger partial charge in [0.1, 0.15) is 5.82 Å². The minimum Gasteiger partial charge on any atom is -0.480 e. The number of aliphatic carboxylic acids is 1. The highest BCUT2D eigenvalue weighted by Crippen LogP contribution is 2.29. The molecule has 7 heteroatoms. The highest BCUT2D eigenvalue weighted by molar-refractivity contribution is 5.69. The first-order chi connectivity index (χ1) is 9.24. The van der Waals surface area contributed by atoms with E-state index in [0.29, 0.717) is 0 Å². The Hall–Kier alpha value is -1.63. The van der Waals surface area contributed by atoms with Crippen LogP contribution in [0.5, 0.6) is 0 Å². The predicted octanol–water partition coefficient (Wildman–Crippen LogP) is 3.23. The summed E-state index contributed by atoms with van der Waals surface area (Å²) in [5.74, 6) is -2.03. The Balaban J connectivity index is 3.07. The number of carbonyl (C=O) groups is 1. The van der Waals surface area contributed by atoms with Crippen molar-refractivity contribution in [3.8, 4) is 0 Å². The molecule has 0 heterocycles. The molecule has 20 heavy (non-hydrogen) atoms. The third kappa shape index (κ3) is 4.80. The van der Waals surface area contributed by atoms with E-state index in [4.69, 9.17) is 5.11 Å². The van der Waals surface area contributed by atoms with Crippen molar-refractivity contribution in [3.63, 3.8) is 0 Å². The Kier molecular flexibility index (Phi) is 5.50. The fourth-order valence-corrected chi connectivity index (χ4v) is 2.10. The van der Waals surface area contributed by atoms with E-state index >= 15 is 0 Å². The molecule has 0 bridgehead atoms. The number of hydrogen-bond acceptors (Lipinski definition) is 2. The molecule has 0 saturated carbocycles. The van der Waals surface area contributed by atoms with Gasteiger partial charge < -0.3 is 5.11 Å². The van der Waals surface area contributed by atoms with E-state index in [9.17, 15) is 22.4 Å². The highest BCUT2D eigenvalue weighted by Gasteiger charge is 2.35. The minimum absolute atomic E-state index is 0.0699. The first kappa shape index (κ1) is 16.4. The molecule has 1 rings (SSSR count). The Morgan fingerprint density at radius 3 is 2.40 bits per heavy atom. The number of nitrogens with zero attached hydrogens (tertiary/aromatic N) is 1. The van der Waals surface area contributed by atoms with Crippen molar-refractivity contribution >= 4 is 5.97 Å². The van der Waals surface area contributed by atoms with Gasteiger partial charge in [0, 0.05) is 11.6 Å². The van der Waals surface area contributed by atoms with Crippen LogP contribution in [0.4, 0.5) is 17.6 Å². The SMILES string of the molecule is CCC(c1ccccc1F)N(CC(=O)O)CC(F)(F)F. The van der Waals surface area contributed by atoms with E-state index in [0.717, 1.165) is 11.0 Å². The molecule has 0 radical (unpaired) electrons. The molecule has 1 unspecified atom stereocenters.